The number of carboxylic acids is 1. The Bertz CT molecular complexity index is 2900. The molecule has 9 fully saturated rings. The molecule has 31 atom stereocenters. The van der Waals surface area contributed by atoms with E-state index in [1.54, 1.807) is 33.8 Å². The molecule has 0 bridgehead atoms. The number of hydrogen-bond acceptors (Lipinski definition) is 26. The average Bonchev–Trinajstić information content (AvgIpc) is 1.48. The van der Waals surface area contributed by atoms with Gasteiger partial charge in [-0.15, -0.1) is 0 Å². The molecule has 0 aromatic carbocycles. The molecule has 526 valence electrons. The van der Waals surface area contributed by atoms with Gasteiger partial charge in [0, 0.05) is 18.1 Å². The quantitative estimate of drug-likeness (QED) is 0.0314. The van der Waals surface area contributed by atoms with Gasteiger partial charge in [-0.2, -0.15) is 0 Å². The maximum absolute atomic E-state index is 13.4. The highest BCUT2D eigenvalue weighted by molar-refractivity contribution is 5.88. The van der Waals surface area contributed by atoms with E-state index in [-0.39, 0.29) is 29.4 Å². The zero-order valence-electron chi connectivity index (χ0n) is 55.3. The molecule has 0 aromatic rings. The summed E-state index contributed by atoms with van der Waals surface area (Å²) in [5.74, 6) is -5.87. The number of ether oxygens (including phenoxy) is 11. The lowest BCUT2D eigenvalue weighted by molar-refractivity contribution is -0.367. The Hall–Kier alpha value is -3.66. The minimum absolute atomic E-state index is 0.0276. The normalized spacial score (nSPS) is 49.9. The van der Waals surface area contributed by atoms with Gasteiger partial charge in [0.2, 0.25) is 0 Å². The second-order valence-electron chi connectivity index (χ2n) is 30.2. The molecule has 6 aliphatic carbocycles. The van der Waals surface area contributed by atoms with Gasteiger partial charge in [0.15, 0.2) is 43.5 Å². The molecule has 5 saturated carbocycles. The lowest BCUT2D eigenvalue weighted by Gasteiger charge is -2.72. The van der Waals surface area contributed by atoms with Gasteiger partial charge in [0.1, 0.15) is 67.1 Å². The van der Waals surface area contributed by atoms with E-state index in [4.69, 9.17) is 52.1 Å². The third-order valence-corrected chi connectivity index (χ3v) is 24.6. The molecule has 4 saturated heterocycles. The van der Waals surface area contributed by atoms with Crippen LogP contribution in [0.25, 0.3) is 0 Å². The van der Waals surface area contributed by atoms with E-state index in [9.17, 15) is 80.5 Å². The molecule has 15 unspecified atom stereocenters. The number of hydrogen-bond donors (Lipinski definition) is 12. The minimum atomic E-state index is -2.26. The van der Waals surface area contributed by atoms with Crippen molar-refractivity contribution in [1.82, 2.24) is 0 Å². The first-order chi connectivity index (χ1) is 43.4. The predicted molar refractivity (Wildman–Crippen MR) is 319 cm³/mol. The van der Waals surface area contributed by atoms with E-state index in [1.165, 1.54) is 19.9 Å². The van der Waals surface area contributed by atoms with Crippen molar-refractivity contribution in [2.75, 3.05) is 19.8 Å². The van der Waals surface area contributed by atoms with Crippen molar-refractivity contribution in [2.24, 2.45) is 56.2 Å². The van der Waals surface area contributed by atoms with Crippen LogP contribution in [0.4, 0.5) is 0 Å². The fourth-order valence-electron chi connectivity index (χ4n) is 18.8. The molecule has 10 aliphatic rings. The number of carboxylic acid groups (broad SMARTS) is 1. The molecule has 4 heterocycles. The zero-order chi connectivity index (χ0) is 68.5. The van der Waals surface area contributed by atoms with Crippen LogP contribution in [-0.4, -0.2) is 246 Å². The fraction of sp³-hybridized carbons (Fsp3) is 0.848. The first-order valence-electron chi connectivity index (χ1n) is 32.8. The highest BCUT2D eigenvalue weighted by Gasteiger charge is 2.82. The number of allylic oxidation sites excluding steroid dienone is 4. The summed E-state index contributed by atoms with van der Waals surface area (Å²) < 4.78 is 67.7. The Labute approximate surface area is 541 Å². The molecule has 0 aromatic heterocycles. The number of aliphatic hydroxyl groups is 11. The Morgan fingerprint density at radius 2 is 1.22 bits per heavy atom. The van der Waals surface area contributed by atoms with E-state index in [1.807, 2.05) is 13.8 Å². The number of fused-ring (bicyclic) bond motifs is 8. The van der Waals surface area contributed by atoms with Gasteiger partial charge < -0.3 is 113 Å². The lowest BCUT2D eigenvalue weighted by Crippen LogP contribution is -2.72. The van der Waals surface area contributed by atoms with E-state index in [0.717, 1.165) is 5.57 Å². The largest absolute Gasteiger partial charge is 0.479 e. The molecule has 0 spiro atoms. The Balaban J connectivity index is 0.932. The van der Waals surface area contributed by atoms with Crippen molar-refractivity contribution in [3.63, 3.8) is 0 Å². The van der Waals surface area contributed by atoms with Crippen LogP contribution in [0, 0.1) is 56.2 Å². The predicted octanol–water partition coefficient (Wildman–Crippen LogP) is 0.715. The van der Waals surface area contributed by atoms with Crippen LogP contribution in [0.15, 0.2) is 34.9 Å². The SMILES string of the molecule is C/C=C(/C)C(=O)OC1C(O)[C@H](O[C@H]2[C@H](O)[C@@]3(COC(C)=O)C(CC2(C)C)C2=CCC4[C@@]5(C)CC[C@H](O[C@@H]6OC(C(=O)O)C7(O[C@@H]8O[C@@H](CO)C(O)C8O)C(C6O[C@@H]6OC(CO)[C@H](O)C(O)C6O)[C@@H]7O)C(C)(C)C5CC[C@@]4(C)[C@]2(C)C[C@H]3O)OC(C)[C@@H]1OC(=O)/C(C)=C\C. The van der Waals surface area contributed by atoms with Crippen molar-refractivity contribution in [3.8, 4) is 0 Å². The zero-order valence-corrected chi connectivity index (χ0v) is 55.3. The van der Waals surface area contributed by atoms with Crippen LogP contribution < -0.4 is 0 Å². The molecule has 12 N–H and O–H groups in total. The molecule has 27 nitrogen and oxygen atoms in total. The molecule has 0 radical (unpaired) electrons. The van der Waals surface area contributed by atoms with Gasteiger partial charge in [-0.25, -0.2) is 14.4 Å². The van der Waals surface area contributed by atoms with Gasteiger partial charge in [0.25, 0.3) is 0 Å². The number of carbonyl (C=O) groups excluding carboxylic acids is 3. The van der Waals surface area contributed by atoms with E-state index >= 15 is 0 Å². The highest BCUT2D eigenvalue weighted by Crippen LogP contribution is 2.76. The van der Waals surface area contributed by atoms with Crippen molar-refractivity contribution in [1.29, 1.82) is 0 Å². The van der Waals surface area contributed by atoms with Crippen LogP contribution in [0.2, 0.25) is 0 Å². The molecular formula is C66H100O27. The summed E-state index contributed by atoms with van der Waals surface area (Å²) in [4.78, 5) is 52.8. The monoisotopic (exact) mass is 1320 g/mol. The number of carbonyl (C=O) groups is 4. The topological polar surface area (TPSA) is 413 Å². The minimum Gasteiger partial charge on any atom is -0.479 e. The van der Waals surface area contributed by atoms with Crippen LogP contribution in [0.3, 0.4) is 0 Å². The molecule has 27 heteroatoms. The first-order valence-corrected chi connectivity index (χ1v) is 32.8. The standard InChI is InChI=1S/C66H100O27/c1-14-27(3)54(81)88-46-29(5)84-57(45(76)48(46)89-55(82)28(4)15-2)91-51-50(78)65(26-83-30(6)69)32(22-60(51,7)8)31-16-17-36-62(11)20-19-38(61(9,10)35(62)18-21-63(36,12)64(31,13)23-37(65)70)87-59-47(90-56-44(75)42(73)40(71)33(24-67)85-56)39-49(77)66(39,52(92-59)53(79)80)93-58-43(74)41(72)34(25-68)86-58/h14-16,29,32-52,56-59,67-68,70-78H,17-26H2,1-13H3,(H,79,80)/b27-14-,28-15-/t29?,32?,33?,34-,35?,36?,37+,38-,39?,40-,41?,42?,43?,44?,45?,46-,47?,48?,49-,50-,51-,52?,56-,57-,58-,59+,62-,63+,64+,65-,66?/m0/s1. The Morgan fingerprint density at radius 3 is 1.81 bits per heavy atom. The van der Waals surface area contributed by atoms with Gasteiger partial charge >= 0.3 is 23.9 Å². The van der Waals surface area contributed by atoms with E-state index in [2.05, 4.69) is 40.7 Å². The lowest BCUT2D eigenvalue weighted by atomic mass is 9.33. The molecule has 4 aliphatic heterocycles. The second-order valence-corrected chi connectivity index (χ2v) is 30.2. The van der Waals surface area contributed by atoms with Gasteiger partial charge in [-0.1, -0.05) is 72.3 Å². The van der Waals surface area contributed by atoms with Crippen LogP contribution in [-0.2, 0) is 71.3 Å². The molecular weight excluding hydrogens is 1220 g/mol. The first kappa shape index (κ1) is 72.1. The van der Waals surface area contributed by atoms with Crippen molar-refractivity contribution < 1.29 is 133 Å². The third-order valence-electron chi connectivity index (χ3n) is 24.6. The second kappa shape index (κ2) is 25.9. The van der Waals surface area contributed by atoms with Crippen molar-refractivity contribution in [2.45, 2.75) is 276 Å². The van der Waals surface area contributed by atoms with Crippen LogP contribution in [0.5, 0.6) is 0 Å². The summed E-state index contributed by atoms with van der Waals surface area (Å²) in [6.45, 7) is 21.9. The van der Waals surface area contributed by atoms with Crippen LogP contribution in [0.1, 0.15) is 135 Å². The smallest absolute Gasteiger partial charge is 0.336 e. The summed E-state index contributed by atoms with van der Waals surface area (Å²) in [5.41, 5.74) is -5.70. The molecule has 0 amide bonds. The third kappa shape index (κ3) is 11.5. The Kier molecular flexibility index (Phi) is 20.1. The number of rotatable bonds is 17. The van der Waals surface area contributed by atoms with E-state index < -0.39 is 229 Å². The van der Waals surface area contributed by atoms with Gasteiger partial charge in [0.05, 0.1) is 61.2 Å². The summed E-state index contributed by atoms with van der Waals surface area (Å²) in [7, 11) is 0. The highest BCUT2D eigenvalue weighted by atomic mass is 16.8. The summed E-state index contributed by atoms with van der Waals surface area (Å²) in [6.07, 6.45) is -25.9. The summed E-state index contributed by atoms with van der Waals surface area (Å²) in [5, 5.41) is 136. The van der Waals surface area contributed by atoms with Gasteiger partial charge in [-0.3, -0.25) is 4.79 Å². The number of esters is 3. The van der Waals surface area contributed by atoms with Crippen molar-refractivity contribution in [3.05, 3.63) is 34.9 Å². The van der Waals surface area contributed by atoms with Crippen LogP contribution >= 0.6 is 0 Å². The fourth-order valence-corrected chi connectivity index (χ4v) is 18.8. The molecule has 10 rings (SSSR count). The Morgan fingerprint density at radius 1 is 0.634 bits per heavy atom. The van der Waals surface area contributed by atoms with Gasteiger partial charge in [-0.05, 0) is 124 Å². The average molecular weight is 1330 g/mol. The summed E-state index contributed by atoms with van der Waals surface area (Å²) >= 11 is 0. The van der Waals surface area contributed by atoms with Crippen molar-refractivity contribution >= 4 is 23.9 Å². The number of aliphatic hydroxyl groups excluding tert-OH is 11. The maximum atomic E-state index is 13.4. The maximum Gasteiger partial charge on any atom is 0.336 e. The van der Waals surface area contributed by atoms with E-state index in [0.29, 0.717) is 38.5 Å². The summed E-state index contributed by atoms with van der Waals surface area (Å²) in [6, 6.07) is 0. The molecule has 93 heavy (non-hydrogen) atoms. The number of aliphatic carboxylic acids is 1.